The number of carbonyl (C=O) groups is 2. The maximum Gasteiger partial charge on any atom is 0.338 e. The minimum atomic E-state index is -3.80. The third-order valence-corrected chi connectivity index (χ3v) is 7.06. The van der Waals surface area contributed by atoms with Crippen LogP contribution >= 0.6 is 23.2 Å². The van der Waals surface area contributed by atoms with Crippen molar-refractivity contribution in [2.45, 2.75) is 11.8 Å². The Morgan fingerprint density at radius 2 is 1.81 bits per heavy atom. The van der Waals surface area contributed by atoms with Crippen molar-refractivity contribution in [3.8, 4) is 0 Å². The standard InChI is InChI=1S/C20H20Cl2N2O6S/c1-2-30-20(26)13-3-6-18(17(22)11-13)23-19(25)15-12-14(4-5-16(15)21)31(27,28)24-7-9-29-10-8-24/h3-6,11-12H,2,7-10H2,1H3,(H,23,25). The van der Waals surface area contributed by atoms with Gasteiger partial charge in [-0.05, 0) is 43.3 Å². The summed E-state index contributed by atoms with van der Waals surface area (Å²) in [5.41, 5.74) is 0.445. The number of amides is 1. The zero-order valence-electron chi connectivity index (χ0n) is 16.6. The van der Waals surface area contributed by atoms with Crippen molar-refractivity contribution >= 4 is 50.8 Å². The Kier molecular flexibility index (Phi) is 7.55. The summed E-state index contributed by atoms with van der Waals surface area (Å²) in [5, 5.41) is 2.79. The predicted molar refractivity (Wildman–Crippen MR) is 116 cm³/mol. The van der Waals surface area contributed by atoms with Crippen LogP contribution in [-0.2, 0) is 19.5 Å². The Morgan fingerprint density at radius 3 is 2.45 bits per heavy atom. The molecule has 0 bridgehead atoms. The maximum atomic E-state index is 12.9. The highest BCUT2D eigenvalue weighted by molar-refractivity contribution is 7.89. The van der Waals surface area contributed by atoms with Crippen LogP contribution in [0.25, 0.3) is 0 Å². The summed E-state index contributed by atoms with van der Waals surface area (Å²) in [6.07, 6.45) is 0. The van der Waals surface area contributed by atoms with E-state index in [-0.39, 0.29) is 51.5 Å². The predicted octanol–water partition coefficient (Wildman–Crippen LogP) is 3.44. The van der Waals surface area contributed by atoms with E-state index in [0.717, 1.165) is 0 Å². The lowest BCUT2D eigenvalue weighted by Gasteiger charge is -2.26. The van der Waals surface area contributed by atoms with Gasteiger partial charge in [-0.3, -0.25) is 4.79 Å². The molecule has 31 heavy (non-hydrogen) atoms. The van der Waals surface area contributed by atoms with Crippen molar-refractivity contribution < 1.29 is 27.5 Å². The first-order valence-corrected chi connectivity index (χ1v) is 11.6. The molecule has 1 fully saturated rings. The number of anilines is 1. The van der Waals surface area contributed by atoms with Gasteiger partial charge in [0.2, 0.25) is 10.0 Å². The Balaban J connectivity index is 1.84. The number of sulfonamides is 1. The Labute approximate surface area is 190 Å². The number of morpholine rings is 1. The Bertz CT molecular complexity index is 1100. The van der Waals surface area contributed by atoms with Gasteiger partial charge in [0.1, 0.15) is 0 Å². The fourth-order valence-electron chi connectivity index (χ4n) is 2.92. The van der Waals surface area contributed by atoms with E-state index in [1.54, 1.807) is 6.92 Å². The molecule has 166 valence electrons. The van der Waals surface area contributed by atoms with Gasteiger partial charge in [0.05, 0.1) is 51.6 Å². The molecular weight excluding hydrogens is 467 g/mol. The van der Waals surface area contributed by atoms with Crippen LogP contribution in [0.2, 0.25) is 10.0 Å². The topological polar surface area (TPSA) is 102 Å². The molecule has 0 saturated carbocycles. The third kappa shape index (κ3) is 5.36. The molecule has 0 spiro atoms. The average molecular weight is 487 g/mol. The molecule has 1 saturated heterocycles. The van der Waals surface area contributed by atoms with Crippen LogP contribution in [0, 0.1) is 0 Å². The summed E-state index contributed by atoms with van der Waals surface area (Å²) in [6, 6.07) is 8.22. The van der Waals surface area contributed by atoms with Crippen LogP contribution in [0.15, 0.2) is 41.3 Å². The number of nitrogens with one attached hydrogen (secondary N) is 1. The molecule has 8 nitrogen and oxygen atoms in total. The van der Waals surface area contributed by atoms with Gasteiger partial charge < -0.3 is 14.8 Å². The number of carbonyl (C=O) groups excluding carboxylic acids is 2. The lowest BCUT2D eigenvalue weighted by molar-refractivity contribution is 0.0526. The largest absolute Gasteiger partial charge is 0.462 e. The second-order valence-electron chi connectivity index (χ2n) is 6.53. The SMILES string of the molecule is CCOC(=O)c1ccc(NC(=O)c2cc(S(=O)(=O)N3CCOCC3)ccc2Cl)c(Cl)c1. The smallest absolute Gasteiger partial charge is 0.338 e. The van der Waals surface area contributed by atoms with Gasteiger partial charge in [-0.1, -0.05) is 23.2 Å². The summed E-state index contributed by atoms with van der Waals surface area (Å²) in [7, 11) is -3.80. The summed E-state index contributed by atoms with van der Waals surface area (Å²) < 4.78 is 37.1. The molecule has 0 atom stereocenters. The molecule has 2 aromatic carbocycles. The van der Waals surface area contributed by atoms with Crippen molar-refractivity contribution in [3.63, 3.8) is 0 Å². The van der Waals surface area contributed by atoms with Crippen molar-refractivity contribution in [1.29, 1.82) is 0 Å². The third-order valence-electron chi connectivity index (χ3n) is 4.52. The molecular formula is C20H20Cl2N2O6S. The number of ether oxygens (including phenoxy) is 2. The summed E-state index contributed by atoms with van der Waals surface area (Å²) in [5.74, 6) is -1.18. The number of esters is 1. The quantitative estimate of drug-likeness (QED) is 0.627. The highest BCUT2D eigenvalue weighted by Crippen LogP contribution is 2.27. The van der Waals surface area contributed by atoms with Gasteiger partial charge in [0.25, 0.3) is 5.91 Å². The van der Waals surface area contributed by atoms with Crippen molar-refractivity contribution in [2.75, 3.05) is 38.2 Å². The molecule has 11 heteroatoms. The van der Waals surface area contributed by atoms with Gasteiger partial charge in [0, 0.05) is 13.1 Å². The maximum absolute atomic E-state index is 12.9. The fourth-order valence-corrected chi connectivity index (χ4v) is 4.79. The van der Waals surface area contributed by atoms with Crippen molar-refractivity contribution in [1.82, 2.24) is 4.31 Å². The normalized spacial score (nSPS) is 14.8. The molecule has 1 N–H and O–H groups in total. The first-order chi connectivity index (χ1) is 14.7. The van der Waals surface area contributed by atoms with E-state index in [0.29, 0.717) is 13.2 Å². The molecule has 1 heterocycles. The Hall–Kier alpha value is -2.17. The number of nitrogens with zero attached hydrogens (tertiary/aromatic N) is 1. The number of hydrogen-bond acceptors (Lipinski definition) is 6. The number of hydrogen-bond donors (Lipinski definition) is 1. The van der Waals surface area contributed by atoms with E-state index in [2.05, 4.69) is 5.32 Å². The van der Waals surface area contributed by atoms with E-state index < -0.39 is 21.9 Å². The second-order valence-corrected chi connectivity index (χ2v) is 9.28. The van der Waals surface area contributed by atoms with E-state index in [1.165, 1.54) is 40.7 Å². The van der Waals surface area contributed by atoms with Gasteiger partial charge in [0.15, 0.2) is 0 Å². The van der Waals surface area contributed by atoms with Crippen LogP contribution in [0.1, 0.15) is 27.6 Å². The number of benzene rings is 2. The molecule has 1 aliphatic rings. The Morgan fingerprint density at radius 1 is 1.10 bits per heavy atom. The molecule has 0 aliphatic carbocycles. The fraction of sp³-hybridized carbons (Fsp3) is 0.300. The van der Waals surface area contributed by atoms with Crippen molar-refractivity contribution in [3.05, 3.63) is 57.6 Å². The van der Waals surface area contributed by atoms with Gasteiger partial charge in [-0.15, -0.1) is 0 Å². The molecule has 1 aliphatic heterocycles. The summed E-state index contributed by atoms with van der Waals surface area (Å²) in [4.78, 5) is 24.5. The van der Waals surface area contributed by atoms with E-state index >= 15 is 0 Å². The average Bonchev–Trinajstić information content (AvgIpc) is 2.76. The monoisotopic (exact) mass is 486 g/mol. The van der Waals surface area contributed by atoms with Gasteiger partial charge in [-0.25, -0.2) is 13.2 Å². The lowest BCUT2D eigenvalue weighted by Crippen LogP contribution is -2.40. The zero-order chi connectivity index (χ0) is 22.6. The van der Waals surface area contributed by atoms with Crippen LogP contribution in [-0.4, -0.2) is 57.5 Å². The van der Waals surface area contributed by atoms with Crippen LogP contribution in [0.3, 0.4) is 0 Å². The molecule has 3 rings (SSSR count). The lowest BCUT2D eigenvalue weighted by atomic mass is 10.1. The van der Waals surface area contributed by atoms with Crippen LogP contribution in [0.4, 0.5) is 5.69 Å². The second kappa shape index (κ2) is 9.97. The van der Waals surface area contributed by atoms with Crippen molar-refractivity contribution in [2.24, 2.45) is 0 Å². The van der Waals surface area contributed by atoms with Crippen LogP contribution in [0.5, 0.6) is 0 Å². The van der Waals surface area contributed by atoms with E-state index in [9.17, 15) is 18.0 Å². The first-order valence-electron chi connectivity index (χ1n) is 9.39. The van der Waals surface area contributed by atoms with Gasteiger partial charge in [-0.2, -0.15) is 4.31 Å². The molecule has 1 amide bonds. The molecule has 0 unspecified atom stereocenters. The molecule has 0 radical (unpaired) electrons. The molecule has 0 aromatic heterocycles. The highest BCUT2D eigenvalue weighted by Gasteiger charge is 2.27. The zero-order valence-corrected chi connectivity index (χ0v) is 18.9. The number of halogens is 2. The summed E-state index contributed by atoms with van der Waals surface area (Å²) in [6.45, 7) is 2.98. The van der Waals surface area contributed by atoms with E-state index in [4.69, 9.17) is 32.7 Å². The highest BCUT2D eigenvalue weighted by atomic mass is 35.5. The summed E-state index contributed by atoms with van der Waals surface area (Å²) >= 11 is 12.3. The first kappa shape index (κ1) is 23.5. The van der Waals surface area contributed by atoms with Crippen LogP contribution < -0.4 is 5.32 Å². The number of rotatable bonds is 6. The minimum Gasteiger partial charge on any atom is -0.462 e. The van der Waals surface area contributed by atoms with Gasteiger partial charge >= 0.3 is 5.97 Å². The minimum absolute atomic E-state index is 0.0264. The van der Waals surface area contributed by atoms with E-state index in [1.807, 2.05) is 0 Å². The molecule has 2 aromatic rings.